The zero-order valence-electron chi connectivity index (χ0n) is 18.6. The van der Waals surface area contributed by atoms with Crippen LogP contribution in [0.15, 0.2) is 55.0 Å². The molecule has 0 aliphatic heterocycles. The molecule has 0 radical (unpaired) electrons. The highest BCUT2D eigenvalue weighted by atomic mass is 16.6. The van der Waals surface area contributed by atoms with Crippen LogP contribution in [-0.2, 0) is 0 Å². The number of fused-ring (bicyclic) bond motifs is 2. The Labute approximate surface area is 197 Å². The van der Waals surface area contributed by atoms with Gasteiger partial charge in [0.1, 0.15) is 0 Å². The van der Waals surface area contributed by atoms with Crippen LogP contribution in [0.4, 0.5) is 16.7 Å². The number of para-hydroxylation sites is 1. The van der Waals surface area contributed by atoms with Crippen LogP contribution in [0.3, 0.4) is 0 Å². The molecule has 0 aliphatic rings. The number of benzene rings is 2. The molecule has 0 bridgehead atoms. The van der Waals surface area contributed by atoms with Gasteiger partial charge >= 0.3 is 6.09 Å². The fraction of sp³-hybridized carbons (Fsp3) is 0.0870. The smallest absolute Gasteiger partial charge is 0.420 e. The Morgan fingerprint density at radius 2 is 1.74 bits per heavy atom. The van der Waals surface area contributed by atoms with Crippen LogP contribution in [0.1, 0.15) is 10.4 Å². The number of amides is 2. The molecule has 3 aromatic heterocycles. The van der Waals surface area contributed by atoms with Gasteiger partial charge in [0.15, 0.2) is 11.5 Å². The topological polar surface area (TPSA) is 156 Å². The number of ether oxygens (including phenoxy) is 3. The number of aromatic nitrogens is 5. The zero-order valence-corrected chi connectivity index (χ0v) is 18.6. The number of pyridine rings is 1. The highest BCUT2D eigenvalue weighted by Gasteiger charge is 2.16. The van der Waals surface area contributed by atoms with Gasteiger partial charge in [0.05, 0.1) is 30.8 Å². The van der Waals surface area contributed by atoms with Crippen molar-refractivity contribution in [1.82, 2.24) is 24.9 Å². The lowest BCUT2D eigenvalue weighted by molar-refractivity contribution is 0.102. The van der Waals surface area contributed by atoms with Crippen molar-refractivity contribution in [3.63, 3.8) is 0 Å². The average molecular weight is 473 g/mol. The molecule has 0 atom stereocenters. The van der Waals surface area contributed by atoms with E-state index in [1.54, 1.807) is 55.9 Å². The molecule has 0 fully saturated rings. The number of hydrogen-bond donors (Lipinski definition) is 4. The van der Waals surface area contributed by atoms with E-state index in [1.165, 1.54) is 13.3 Å². The second-order valence-corrected chi connectivity index (χ2v) is 7.27. The van der Waals surface area contributed by atoms with Crippen molar-refractivity contribution < 1.29 is 23.8 Å². The van der Waals surface area contributed by atoms with Gasteiger partial charge in [0.2, 0.25) is 17.8 Å². The molecule has 0 unspecified atom stereocenters. The van der Waals surface area contributed by atoms with Crippen LogP contribution in [0.2, 0.25) is 0 Å². The SMILES string of the molecule is COc1cc2cnc(OC(=O)Nc3nc4cccc(C(=O)Nc5ncc[nH]5)c4[nH]3)cc2cc1OC. The maximum absolute atomic E-state index is 12.6. The Morgan fingerprint density at radius 3 is 2.49 bits per heavy atom. The quantitative estimate of drug-likeness (QED) is 0.291. The van der Waals surface area contributed by atoms with E-state index >= 15 is 0 Å². The van der Waals surface area contributed by atoms with Gasteiger partial charge in [-0.15, -0.1) is 0 Å². The summed E-state index contributed by atoms with van der Waals surface area (Å²) in [6.07, 6.45) is 3.87. The molecule has 0 saturated heterocycles. The molecular weight excluding hydrogens is 454 g/mol. The molecule has 12 heteroatoms. The van der Waals surface area contributed by atoms with E-state index in [4.69, 9.17) is 14.2 Å². The van der Waals surface area contributed by atoms with Gasteiger partial charge in [-0.1, -0.05) is 6.07 Å². The average Bonchev–Trinajstić information content (AvgIpc) is 3.52. The van der Waals surface area contributed by atoms with Gasteiger partial charge in [0, 0.05) is 30.0 Å². The first-order valence-electron chi connectivity index (χ1n) is 10.3. The third-order valence-corrected chi connectivity index (χ3v) is 5.11. The minimum atomic E-state index is -0.807. The van der Waals surface area contributed by atoms with E-state index in [9.17, 15) is 9.59 Å². The Morgan fingerprint density at radius 1 is 0.943 bits per heavy atom. The van der Waals surface area contributed by atoms with E-state index in [0.29, 0.717) is 34.0 Å². The normalized spacial score (nSPS) is 10.8. The third-order valence-electron chi connectivity index (χ3n) is 5.11. The molecule has 12 nitrogen and oxygen atoms in total. The highest BCUT2D eigenvalue weighted by Crippen LogP contribution is 2.33. The lowest BCUT2D eigenvalue weighted by Gasteiger charge is -2.10. The molecule has 5 rings (SSSR count). The van der Waals surface area contributed by atoms with Crippen LogP contribution in [0, 0.1) is 0 Å². The summed E-state index contributed by atoms with van der Waals surface area (Å²) in [4.78, 5) is 43.3. The van der Waals surface area contributed by atoms with Crippen LogP contribution in [0.25, 0.3) is 21.8 Å². The number of nitrogens with zero attached hydrogens (tertiary/aromatic N) is 3. The standard InChI is InChI=1S/C23H19N7O5/c1-33-16-8-12-10-18(26-11-13(12)9-17(16)34-2)35-23(32)30-22-27-15-5-3-4-14(19(15)28-22)20(31)29-21-24-6-7-25-21/h3-11H,1-2H3,(H2,24,25,29,31)(H2,27,28,30,32). The molecule has 2 aromatic carbocycles. The van der Waals surface area contributed by atoms with E-state index < -0.39 is 12.0 Å². The molecule has 5 aromatic rings. The first-order valence-corrected chi connectivity index (χ1v) is 10.3. The van der Waals surface area contributed by atoms with E-state index in [1.807, 2.05) is 0 Å². The van der Waals surface area contributed by atoms with Crippen molar-refractivity contribution in [3.05, 3.63) is 60.6 Å². The number of carbonyl (C=O) groups is 2. The molecule has 3 heterocycles. The predicted octanol–water partition coefficient (Wildman–Crippen LogP) is 3.71. The highest BCUT2D eigenvalue weighted by molar-refractivity contribution is 6.11. The zero-order chi connectivity index (χ0) is 24.4. The third kappa shape index (κ3) is 4.39. The van der Waals surface area contributed by atoms with Gasteiger partial charge in [-0.2, -0.15) is 0 Å². The number of carbonyl (C=O) groups excluding carboxylic acids is 2. The maximum Gasteiger partial charge on any atom is 0.420 e. The number of aromatic amines is 2. The summed E-state index contributed by atoms with van der Waals surface area (Å²) in [5.41, 5.74) is 1.25. The molecule has 4 N–H and O–H groups in total. The summed E-state index contributed by atoms with van der Waals surface area (Å²) >= 11 is 0. The monoisotopic (exact) mass is 473 g/mol. The number of anilines is 2. The van der Waals surface area contributed by atoms with Gasteiger partial charge in [-0.25, -0.2) is 19.7 Å². The minimum absolute atomic E-state index is 0.0804. The molecule has 176 valence electrons. The Kier molecular flexibility index (Phi) is 5.59. The summed E-state index contributed by atoms with van der Waals surface area (Å²) in [5, 5.41) is 6.70. The molecule has 0 aliphatic carbocycles. The Balaban J connectivity index is 1.33. The second-order valence-electron chi connectivity index (χ2n) is 7.27. The molecule has 35 heavy (non-hydrogen) atoms. The number of imidazole rings is 2. The maximum atomic E-state index is 12.6. The second kappa shape index (κ2) is 9.02. The molecule has 2 amide bonds. The Hall–Kier alpha value is -5.13. The van der Waals surface area contributed by atoms with Crippen LogP contribution in [0.5, 0.6) is 17.4 Å². The van der Waals surface area contributed by atoms with Crippen LogP contribution < -0.4 is 24.8 Å². The summed E-state index contributed by atoms with van der Waals surface area (Å²) in [6.45, 7) is 0. The van der Waals surface area contributed by atoms with E-state index in [0.717, 1.165) is 10.8 Å². The fourth-order valence-electron chi connectivity index (χ4n) is 3.51. The first-order chi connectivity index (χ1) is 17.0. The van der Waals surface area contributed by atoms with Crippen molar-refractivity contribution >= 4 is 45.7 Å². The van der Waals surface area contributed by atoms with Gasteiger partial charge in [-0.3, -0.25) is 15.4 Å². The van der Waals surface area contributed by atoms with Crippen molar-refractivity contribution in [2.24, 2.45) is 0 Å². The summed E-state index contributed by atoms with van der Waals surface area (Å²) in [6, 6.07) is 10.2. The Bertz CT molecular complexity index is 1550. The lowest BCUT2D eigenvalue weighted by atomic mass is 10.1. The summed E-state index contributed by atoms with van der Waals surface area (Å²) in [5.74, 6) is 1.21. The number of methoxy groups -OCH3 is 2. The van der Waals surface area contributed by atoms with Gasteiger partial charge in [0.25, 0.3) is 5.91 Å². The lowest BCUT2D eigenvalue weighted by Crippen LogP contribution is -2.18. The fourth-order valence-corrected chi connectivity index (χ4v) is 3.51. The number of hydrogen-bond acceptors (Lipinski definition) is 8. The number of nitrogens with one attached hydrogen (secondary N) is 4. The largest absolute Gasteiger partial charge is 0.493 e. The number of rotatable bonds is 6. The van der Waals surface area contributed by atoms with E-state index in [-0.39, 0.29) is 11.8 Å². The van der Waals surface area contributed by atoms with Crippen LogP contribution in [-0.4, -0.2) is 51.1 Å². The molecule has 0 saturated carbocycles. The van der Waals surface area contributed by atoms with Crippen molar-refractivity contribution in [3.8, 4) is 17.4 Å². The predicted molar refractivity (Wildman–Crippen MR) is 127 cm³/mol. The van der Waals surface area contributed by atoms with Crippen LogP contribution >= 0.6 is 0 Å². The van der Waals surface area contributed by atoms with Gasteiger partial charge in [-0.05, 0) is 29.7 Å². The van der Waals surface area contributed by atoms with Crippen molar-refractivity contribution in [1.29, 1.82) is 0 Å². The minimum Gasteiger partial charge on any atom is -0.493 e. The van der Waals surface area contributed by atoms with Crippen molar-refractivity contribution in [2.75, 3.05) is 24.9 Å². The molecule has 0 spiro atoms. The number of H-pyrrole nitrogens is 2. The van der Waals surface area contributed by atoms with Crippen molar-refractivity contribution in [2.45, 2.75) is 0 Å². The summed E-state index contributed by atoms with van der Waals surface area (Å²) < 4.78 is 15.9. The molecular formula is C23H19N7O5. The summed E-state index contributed by atoms with van der Waals surface area (Å²) in [7, 11) is 3.08. The first kappa shape index (κ1) is 21.7. The van der Waals surface area contributed by atoms with Gasteiger partial charge < -0.3 is 24.2 Å². The van der Waals surface area contributed by atoms with E-state index in [2.05, 4.69) is 35.6 Å².